The predicted molar refractivity (Wildman–Crippen MR) is 96.5 cm³/mol. The maximum absolute atomic E-state index is 12.3. The molecule has 4 nitrogen and oxygen atoms in total. The summed E-state index contributed by atoms with van der Waals surface area (Å²) in [6.45, 7) is 4.10. The van der Waals surface area contributed by atoms with Gasteiger partial charge in [-0.1, -0.05) is 31.4 Å². The molecule has 5 heteroatoms. The van der Waals surface area contributed by atoms with Crippen LogP contribution in [0.1, 0.15) is 69.4 Å². The van der Waals surface area contributed by atoms with Crippen molar-refractivity contribution in [3.63, 3.8) is 0 Å². The van der Waals surface area contributed by atoms with Gasteiger partial charge in [-0.05, 0) is 50.7 Å². The summed E-state index contributed by atoms with van der Waals surface area (Å²) in [5.41, 5.74) is 2.08. The van der Waals surface area contributed by atoms with Crippen LogP contribution in [0.3, 0.4) is 0 Å². The largest absolute Gasteiger partial charge is 0.507 e. The molecule has 1 aromatic carbocycles. The van der Waals surface area contributed by atoms with Crippen LogP contribution in [0.4, 0.5) is 0 Å². The first-order valence-electron chi connectivity index (χ1n) is 8.70. The Bertz CT molecular complexity index is 732. The quantitative estimate of drug-likeness (QED) is 0.586. The third-order valence-electron chi connectivity index (χ3n) is 4.71. The first-order chi connectivity index (χ1) is 11.3. The van der Waals surface area contributed by atoms with Gasteiger partial charge in [0, 0.05) is 17.7 Å². The van der Waals surface area contributed by atoms with Crippen LogP contribution in [0.5, 0.6) is 11.5 Å². The van der Waals surface area contributed by atoms with Crippen LogP contribution < -0.4 is 0 Å². The lowest BCUT2D eigenvalue weighted by Gasteiger charge is -2.23. The molecule has 2 N–H and O–H groups in total. The summed E-state index contributed by atoms with van der Waals surface area (Å²) < 4.78 is 24.5. The van der Waals surface area contributed by atoms with Crippen molar-refractivity contribution in [1.82, 2.24) is 0 Å². The molecular formula is C19H28O4S. The molecule has 1 aliphatic rings. The zero-order chi connectivity index (χ0) is 17.9. The van der Waals surface area contributed by atoms with Crippen LogP contribution in [-0.4, -0.2) is 24.9 Å². The molecule has 0 amide bonds. The number of hydrogen-bond donors (Lipinski definition) is 2. The summed E-state index contributed by atoms with van der Waals surface area (Å²) >= 11 is 0. The zero-order valence-electron chi connectivity index (χ0n) is 14.8. The first kappa shape index (κ1) is 18.8. The third kappa shape index (κ3) is 4.12. The highest BCUT2D eigenvalue weighted by atomic mass is 32.2. The number of aromatic hydroxyl groups is 2. The first-order valence-corrected chi connectivity index (χ1v) is 10.6. The van der Waals surface area contributed by atoms with Gasteiger partial charge in [-0.3, -0.25) is 0 Å². The van der Waals surface area contributed by atoms with E-state index in [-0.39, 0.29) is 22.3 Å². The van der Waals surface area contributed by atoms with Gasteiger partial charge in [0.15, 0.2) is 9.84 Å². The molecule has 0 fully saturated rings. The molecule has 1 aromatic rings. The van der Waals surface area contributed by atoms with Gasteiger partial charge in [0.25, 0.3) is 0 Å². The molecule has 24 heavy (non-hydrogen) atoms. The monoisotopic (exact) mass is 352 g/mol. The highest BCUT2D eigenvalue weighted by molar-refractivity contribution is 7.90. The van der Waals surface area contributed by atoms with Crippen LogP contribution >= 0.6 is 0 Å². The third-order valence-corrected chi connectivity index (χ3v) is 5.91. The lowest BCUT2D eigenvalue weighted by molar-refractivity contribution is 0.416. The molecule has 0 aromatic heterocycles. The maximum Gasteiger partial charge on any atom is 0.179 e. The summed E-state index contributed by atoms with van der Waals surface area (Å²) in [6.07, 6.45) is 9.31. The molecular weight excluding hydrogens is 324 g/mol. The van der Waals surface area contributed by atoms with Gasteiger partial charge in [-0.15, -0.1) is 0 Å². The molecule has 0 aliphatic heterocycles. The summed E-state index contributed by atoms with van der Waals surface area (Å²) in [6, 6.07) is 1.54. The van der Waals surface area contributed by atoms with Crippen LogP contribution in [0.15, 0.2) is 22.6 Å². The second kappa shape index (κ2) is 7.60. The average Bonchev–Trinajstić information content (AvgIpc) is 2.45. The van der Waals surface area contributed by atoms with Crippen molar-refractivity contribution in [1.29, 1.82) is 0 Å². The standard InChI is InChI=1S/C19H28O4S/c1-4-5-6-9-15-12-16(20)17(14-10-7-8-13(2)11-14)18(21)19(15)24(3,22)23/h11-12,14,20-21H,4-10H2,1-3H3. The lowest BCUT2D eigenvalue weighted by atomic mass is 9.84. The van der Waals surface area contributed by atoms with Crippen LogP contribution in [0, 0.1) is 0 Å². The number of phenolic OH excluding ortho intramolecular Hbond substituents is 2. The Hall–Kier alpha value is -1.49. The number of phenols is 2. The molecule has 0 bridgehead atoms. The van der Waals surface area contributed by atoms with Crippen molar-refractivity contribution in [2.45, 2.75) is 69.6 Å². The van der Waals surface area contributed by atoms with E-state index in [2.05, 4.69) is 6.92 Å². The summed E-state index contributed by atoms with van der Waals surface area (Å²) in [5.74, 6) is -0.397. The molecule has 0 spiro atoms. The van der Waals surface area contributed by atoms with E-state index >= 15 is 0 Å². The normalized spacial score (nSPS) is 18.5. The fourth-order valence-electron chi connectivity index (χ4n) is 3.57. The number of rotatable bonds is 6. The van der Waals surface area contributed by atoms with Gasteiger partial charge in [0.1, 0.15) is 16.4 Å². The average molecular weight is 352 g/mol. The molecule has 1 atom stereocenters. The van der Waals surface area contributed by atoms with E-state index in [4.69, 9.17) is 0 Å². The highest BCUT2D eigenvalue weighted by Gasteiger charge is 2.28. The van der Waals surface area contributed by atoms with E-state index in [0.717, 1.165) is 44.8 Å². The van der Waals surface area contributed by atoms with Crippen molar-refractivity contribution >= 4 is 9.84 Å². The Kier molecular flexibility index (Phi) is 5.97. The van der Waals surface area contributed by atoms with Crippen LogP contribution in [0.25, 0.3) is 0 Å². The summed E-state index contributed by atoms with van der Waals surface area (Å²) in [7, 11) is -3.57. The van der Waals surface area contributed by atoms with Crippen molar-refractivity contribution in [2.24, 2.45) is 0 Å². The second-order valence-electron chi connectivity index (χ2n) is 6.89. The minimum Gasteiger partial charge on any atom is -0.507 e. The molecule has 0 saturated heterocycles. The van der Waals surface area contributed by atoms with E-state index in [1.54, 1.807) is 6.07 Å². The topological polar surface area (TPSA) is 74.6 Å². The van der Waals surface area contributed by atoms with Gasteiger partial charge < -0.3 is 10.2 Å². The van der Waals surface area contributed by atoms with Gasteiger partial charge in [-0.2, -0.15) is 0 Å². The van der Waals surface area contributed by atoms with Crippen molar-refractivity contribution in [3.8, 4) is 11.5 Å². The molecule has 1 aliphatic carbocycles. The second-order valence-corrected chi connectivity index (χ2v) is 8.84. The number of unbranched alkanes of at least 4 members (excludes halogenated alkanes) is 2. The van der Waals surface area contributed by atoms with E-state index in [1.807, 2.05) is 13.0 Å². The fraction of sp³-hybridized carbons (Fsp3) is 0.579. The SMILES string of the molecule is CCCCCc1cc(O)c(C2C=C(C)CCC2)c(O)c1S(C)(=O)=O. The summed E-state index contributed by atoms with van der Waals surface area (Å²) in [4.78, 5) is -0.0111. The summed E-state index contributed by atoms with van der Waals surface area (Å²) in [5, 5.41) is 21.2. The number of benzene rings is 1. The molecule has 0 saturated carbocycles. The van der Waals surface area contributed by atoms with E-state index in [9.17, 15) is 18.6 Å². The van der Waals surface area contributed by atoms with E-state index in [0.29, 0.717) is 17.5 Å². The Balaban J connectivity index is 2.56. The highest BCUT2D eigenvalue weighted by Crippen LogP contribution is 2.45. The van der Waals surface area contributed by atoms with E-state index < -0.39 is 9.84 Å². The Morgan fingerprint density at radius 3 is 2.54 bits per heavy atom. The van der Waals surface area contributed by atoms with Gasteiger partial charge in [0.05, 0.1) is 0 Å². The van der Waals surface area contributed by atoms with Gasteiger partial charge in [-0.25, -0.2) is 8.42 Å². The number of sulfone groups is 1. The zero-order valence-corrected chi connectivity index (χ0v) is 15.6. The molecule has 1 unspecified atom stereocenters. The predicted octanol–water partition coefficient (Wildman–Crippen LogP) is 4.45. The minimum absolute atomic E-state index is 0.00217. The van der Waals surface area contributed by atoms with Crippen molar-refractivity contribution in [3.05, 3.63) is 28.8 Å². The Labute approximate surface area is 145 Å². The van der Waals surface area contributed by atoms with Gasteiger partial charge in [0.2, 0.25) is 0 Å². The fourth-order valence-corrected chi connectivity index (χ4v) is 4.67. The molecule has 0 radical (unpaired) electrons. The molecule has 0 heterocycles. The van der Waals surface area contributed by atoms with Crippen molar-refractivity contribution < 1.29 is 18.6 Å². The number of allylic oxidation sites excluding steroid dienone is 2. The van der Waals surface area contributed by atoms with Crippen LogP contribution in [0.2, 0.25) is 0 Å². The maximum atomic E-state index is 12.3. The van der Waals surface area contributed by atoms with E-state index in [1.165, 1.54) is 5.57 Å². The smallest absolute Gasteiger partial charge is 0.179 e. The van der Waals surface area contributed by atoms with Crippen LogP contribution in [-0.2, 0) is 16.3 Å². The number of hydrogen-bond acceptors (Lipinski definition) is 4. The molecule has 134 valence electrons. The lowest BCUT2D eigenvalue weighted by Crippen LogP contribution is -2.09. The Morgan fingerprint density at radius 2 is 1.96 bits per heavy atom. The Morgan fingerprint density at radius 1 is 1.25 bits per heavy atom. The molecule has 2 rings (SSSR count). The number of aryl methyl sites for hydroxylation is 1. The minimum atomic E-state index is -3.57. The van der Waals surface area contributed by atoms with Gasteiger partial charge >= 0.3 is 0 Å². The van der Waals surface area contributed by atoms with Crippen molar-refractivity contribution in [2.75, 3.05) is 6.26 Å².